The first kappa shape index (κ1) is 21.0. The molecule has 0 aliphatic heterocycles. The number of carbonyl (C=O) groups excluding carboxylic acids is 3. The SMILES string of the molecule is CCC(=O)c1ccc(OCC(=O)OC(C)C(=O)Nc2c(F)cccc2F)cc1. The Bertz CT molecular complexity index is 847. The van der Waals surface area contributed by atoms with Crippen molar-refractivity contribution in [2.75, 3.05) is 11.9 Å². The summed E-state index contributed by atoms with van der Waals surface area (Å²) < 4.78 is 37.2. The normalized spacial score (nSPS) is 11.4. The molecule has 148 valence electrons. The highest BCUT2D eigenvalue weighted by Gasteiger charge is 2.21. The Hall–Kier alpha value is -3.29. The zero-order chi connectivity index (χ0) is 20.7. The third-order valence-corrected chi connectivity index (χ3v) is 3.74. The van der Waals surface area contributed by atoms with Gasteiger partial charge in [-0.2, -0.15) is 0 Å². The van der Waals surface area contributed by atoms with Crippen LogP contribution in [-0.2, 0) is 14.3 Å². The topological polar surface area (TPSA) is 81.7 Å². The van der Waals surface area contributed by atoms with Gasteiger partial charge in [0.05, 0.1) is 0 Å². The predicted octanol–water partition coefficient (Wildman–Crippen LogP) is 3.51. The second kappa shape index (κ2) is 9.59. The molecule has 0 heterocycles. The molecule has 0 aliphatic carbocycles. The Morgan fingerprint density at radius 3 is 2.21 bits per heavy atom. The molecule has 2 aromatic rings. The molecule has 0 saturated heterocycles. The number of benzene rings is 2. The monoisotopic (exact) mass is 391 g/mol. The molecule has 1 unspecified atom stereocenters. The lowest BCUT2D eigenvalue weighted by atomic mass is 10.1. The first-order valence-electron chi connectivity index (χ1n) is 8.52. The number of ether oxygens (including phenoxy) is 2. The summed E-state index contributed by atoms with van der Waals surface area (Å²) in [6.45, 7) is 2.53. The minimum Gasteiger partial charge on any atom is -0.482 e. The van der Waals surface area contributed by atoms with Crippen LogP contribution in [0.5, 0.6) is 5.75 Å². The molecule has 0 fully saturated rings. The van der Waals surface area contributed by atoms with Crippen LogP contribution in [0.2, 0.25) is 0 Å². The van der Waals surface area contributed by atoms with Gasteiger partial charge in [-0.3, -0.25) is 9.59 Å². The summed E-state index contributed by atoms with van der Waals surface area (Å²) in [6, 6.07) is 9.36. The predicted molar refractivity (Wildman–Crippen MR) is 97.1 cm³/mol. The van der Waals surface area contributed by atoms with Crippen molar-refractivity contribution in [3.8, 4) is 5.75 Å². The molecule has 8 heteroatoms. The number of nitrogens with one attached hydrogen (secondary N) is 1. The van der Waals surface area contributed by atoms with Gasteiger partial charge in [-0.1, -0.05) is 13.0 Å². The number of amides is 1. The molecule has 0 radical (unpaired) electrons. The van der Waals surface area contributed by atoms with E-state index in [2.05, 4.69) is 0 Å². The molecule has 1 atom stereocenters. The van der Waals surface area contributed by atoms with Crippen molar-refractivity contribution in [1.29, 1.82) is 0 Å². The van der Waals surface area contributed by atoms with Gasteiger partial charge in [-0.15, -0.1) is 0 Å². The van der Waals surface area contributed by atoms with Crippen molar-refractivity contribution in [3.05, 3.63) is 59.7 Å². The Morgan fingerprint density at radius 2 is 1.64 bits per heavy atom. The van der Waals surface area contributed by atoms with Gasteiger partial charge >= 0.3 is 5.97 Å². The lowest BCUT2D eigenvalue weighted by Gasteiger charge is -2.14. The minimum absolute atomic E-state index is 0.0166. The van der Waals surface area contributed by atoms with Gasteiger partial charge < -0.3 is 14.8 Å². The van der Waals surface area contributed by atoms with E-state index in [1.807, 2.05) is 5.32 Å². The number of anilines is 1. The van der Waals surface area contributed by atoms with Gasteiger partial charge in [0, 0.05) is 12.0 Å². The summed E-state index contributed by atoms with van der Waals surface area (Å²) in [6.07, 6.45) is -0.914. The number of esters is 1. The number of para-hydroxylation sites is 1. The summed E-state index contributed by atoms with van der Waals surface area (Å²) in [5, 5.41) is 2.04. The molecule has 0 aromatic heterocycles. The van der Waals surface area contributed by atoms with Crippen LogP contribution in [0.4, 0.5) is 14.5 Å². The van der Waals surface area contributed by atoms with Gasteiger partial charge in [0.2, 0.25) is 0 Å². The van der Waals surface area contributed by atoms with Gasteiger partial charge in [0.25, 0.3) is 5.91 Å². The first-order chi connectivity index (χ1) is 13.3. The van der Waals surface area contributed by atoms with E-state index in [4.69, 9.17) is 9.47 Å². The van der Waals surface area contributed by atoms with Gasteiger partial charge in [-0.05, 0) is 43.3 Å². The average molecular weight is 391 g/mol. The number of Topliss-reactive ketones (excluding diaryl/α,β-unsaturated/α-hetero) is 1. The zero-order valence-electron chi connectivity index (χ0n) is 15.3. The molecule has 1 N–H and O–H groups in total. The number of halogens is 2. The summed E-state index contributed by atoms with van der Waals surface area (Å²) in [5.74, 6) is -3.29. The number of ketones is 1. The maximum atomic E-state index is 13.5. The van der Waals surface area contributed by atoms with Crippen LogP contribution in [0.1, 0.15) is 30.6 Å². The Kier molecular flexibility index (Phi) is 7.20. The first-order valence-corrected chi connectivity index (χ1v) is 8.52. The van der Waals surface area contributed by atoms with Crippen molar-refractivity contribution in [2.24, 2.45) is 0 Å². The van der Waals surface area contributed by atoms with Crippen LogP contribution < -0.4 is 10.1 Å². The van der Waals surface area contributed by atoms with Crippen LogP contribution in [0.3, 0.4) is 0 Å². The maximum Gasteiger partial charge on any atom is 0.344 e. The highest BCUT2D eigenvalue weighted by Crippen LogP contribution is 2.18. The van der Waals surface area contributed by atoms with E-state index < -0.39 is 41.9 Å². The van der Waals surface area contributed by atoms with Crippen LogP contribution in [0.15, 0.2) is 42.5 Å². The lowest BCUT2D eigenvalue weighted by molar-refractivity contribution is -0.155. The van der Waals surface area contributed by atoms with E-state index >= 15 is 0 Å². The fourth-order valence-corrected chi connectivity index (χ4v) is 2.21. The van der Waals surface area contributed by atoms with E-state index in [0.29, 0.717) is 17.7 Å². The van der Waals surface area contributed by atoms with E-state index in [9.17, 15) is 23.2 Å². The molecule has 0 saturated carbocycles. The van der Waals surface area contributed by atoms with Crippen LogP contribution >= 0.6 is 0 Å². The summed E-state index contributed by atoms with van der Waals surface area (Å²) in [5.41, 5.74) is -0.0866. The molecular formula is C20H19F2NO5. The van der Waals surface area contributed by atoms with Crippen molar-refractivity contribution >= 4 is 23.3 Å². The van der Waals surface area contributed by atoms with Crippen LogP contribution in [-0.4, -0.2) is 30.4 Å². The summed E-state index contributed by atoms with van der Waals surface area (Å²) in [4.78, 5) is 35.3. The van der Waals surface area contributed by atoms with Crippen LogP contribution in [0.25, 0.3) is 0 Å². The van der Waals surface area contributed by atoms with Gasteiger partial charge in [0.1, 0.15) is 23.1 Å². The number of rotatable bonds is 8. The van der Waals surface area contributed by atoms with E-state index in [1.54, 1.807) is 19.1 Å². The highest BCUT2D eigenvalue weighted by molar-refractivity contribution is 5.96. The zero-order valence-corrected chi connectivity index (χ0v) is 15.3. The van der Waals surface area contributed by atoms with E-state index in [-0.39, 0.29) is 5.78 Å². The average Bonchev–Trinajstić information content (AvgIpc) is 2.68. The number of hydrogen-bond acceptors (Lipinski definition) is 5. The van der Waals surface area contributed by atoms with Crippen molar-refractivity contribution < 1.29 is 32.6 Å². The Balaban J connectivity index is 1.85. The molecule has 1 amide bonds. The van der Waals surface area contributed by atoms with Gasteiger partial charge in [0.15, 0.2) is 18.5 Å². The van der Waals surface area contributed by atoms with E-state index in [0.717, 1.165) is 18.2 Å². The molecule has 0 spiro atoms. The Morgan fingerprint density at radius 1 is 1.04 bits per heavy atom. The molecule has 2 aromatic carbocycles. The van der Waals surface area contributed by atoms with Crippen molar-refractivity contribution in [1.82, 2.24) is 0 Å². The molecule has 0 aliphatic rings. The summed E-state index contributed by atoms with van der Waals surface area (Å²) >= 11 is 0. The fraction of sp³-hybridized carbons (Fsp3) is 0.250. The van der Waals surface area contributed by atoms with Gasteiger partial charge in [-0.25, -0.2) is 13.6 Å². The highest BCUT2D eigenvalue weighted by atomic mass is 19.1. The molecule has 28 heavy (non-hydrogen) atoms. The third kappa shape index (κ3) is 5.60. The largest absolute Gasteiger partial charge is 0.482 e. The second-order valence-corrected chi connectivity index (χ2v) is 5.81. The smallest absolute Gasteiger partial charge is 0.344 e. The second-order valence-electron chi connectivity index (χ2n) is 5.81. The standard InChI is InChI=1S/C20H19F2NO5/c1-3-17(24)13-7-9-14(10-8-13)27-11-18(25)28-12(2)20(26)23-19-15(21)5-4-6-16(19)22/h4-10,12H,3,11H2,1-2H3,(H,23,26). The molecule has 6 nitrogen and oxygen atoms in total. The third-order valence-electron chi connectivity index (χ3n) is 3.74. The van der Waals surface area contributed by atoms with Crippen LogP contribution in [0, 0.1) is 11.6 Å². The number of hydrogen-bond donors (Lipinski definition) is 1. The molecule has 2 rings (SSSR count). The van der Waals surface area contributed by atoms with E-state index in [1.165, 1.54) is 19.1 Å². The fourth-order valence-electron chi connectivity index (χ4n) is 2.21. The van der Waals surface area contributed by atoms with Crippen molar-refractivity contribution in [3.63, 3.8) is 0 Å². The number of carbonyl (C=O) groups is 3. The quantitative estimate of drug-likeness (QED) is 0.550. The van der Waals surface area contributed by atoms with Crippen molar-refractivity contribution in [2.45, 2.75) is 26.4 Å². The lowest BCUT2D eigenvalue weighted by Crippen LogP contribution is -2.32. The Labute approximate surface area is 160 Å². The molecular weight excluding hydrogens is 372 g/mol. The minimum atomic E-state index is -1.29. The summed E-state index contributed by atoms with van der Waals surface area (Å²) in [7, 11) is 0. The maximum absolute atomic E-state index is 13.5. The molecule has 0 bridgehead atoms.